The summed E-state index contributed by atoms with van der Waals surface area (Å²) in [5.74, 6) is 0.846. The van der Waals surface area contributed by atoms with Gasteiger partial charge in [-0.25, -0.2) is 4.98 Å². The third-order valence-corrected chi connectivity index (χ3v) is 6.25. The number of hydrogen-bond donors (Lipinski definition) is 1. The van der Waals surface area contributed by atoms with Gasteiger partial charge >= 0.3 is 0 Å². The molecule has 4 heteroatoms. The largest absolute Gasteiger partial charge is 0.369 e. The molecule has 2 heterocycles. The number of aromatic nitrogens is 2. The van der Waals surface area contributed by atoms with Gasteiger partial charge in [0.2, 0.25) is 0 Å². The Balaban J connectivity index is 1.86. The van der Waals surface area contributed by atoms with Gasteiger partial charge in [0.1, 0.15) is 5.65 Å². The highest BCUT2D eigenvalue weighted by Gasteiger charge is 2.26. The van der Waals surface area contributed by atoms with Crippen molar-refractivity contribution in [2.24, 2.45) is 5.92 Å². The molecule has 0 bridgehead atoms. The van der Waals surface area contributed by atoms with Crippen molar-refractivity contribution in [1.29, 1.82) is 0 Å². The van der Waals surface area contributed by atoms with E-state index < -0.39 is 0 Å². The van der Waals surface area contributed by atoms with Crippen molar-refractivity contribution >= 4 is 16.7 Å². The molecule has 0 unspecified atom stereocenters. The number of aryl methyl sites for hydroxylation is 5. The van der Waals surface area contributed by atoms with E-state index in [0.29, 0.717) is 0 Å². The molecule has 1 aliphatic carbocycles. The predicted octanol–water partition coefficient (Wildman–Crippen LogP) is 5.39. The van der Waals surface area contributed by atoms with E-state index in [1.165, 1.54) is 51.9 Å². The predicted molar refractivity (Wildman–Crippen MR) is 128 cm³/mol. The summed E-state index contributed by atoms with van der Waals surface area (Å²) in [5.41, 5.74) is 10.0. The van der Waals surface area contributed by atoms with Crippen LogP contribution in [0.2, 0.25) is 0 Å². The molecule has 1 aliphatic rings. The minimum absolute atomic E-state index is 0.846. The minimum Gasteiger partial charge on any atom is -0.369 e. The first-order valence-corrected chi connectivity index (χ1v) is 11.4. The van der Waals surface area contributed by atoms with Crippen molar-refractivity contribution in [1.82, 2.24) is 14.9 Å². The van der Waals surface area contributed by atoms with Gasteiger partial charge in [-0.05, 0) is 82.7 Å². The van der Waals surface area contributed by atoms with Crippen molar-refractivity contribution in [3.63, 3.8) is 0 Å². The number of anilines is 1. The SMILES string of the molecule is CCNCCN(CC1CC1)c1cc(C)nc2c1c(C)cn2-c1c(C)cc(C)cc1C. The van der Waals surface area contributed by atoms with E-state index in [2.05, 4.69) is 80.7 Å². The molecule has 0 aliphatic heterocycles. The van der Waals surface area contributed by atoms with Crippen LogP contribution in [-0.4, -0.2) is 35.7 Å². The van der Waals surface area contributed by atoms with Crippen molar-refractivity contribution in [3.8, 4) is 5.69 Å². The van der Waals surface area contributed by atoms with Gasteiger partial charge in [-0.1, -0.05) is 24.6 Å². The normalized spacial score (nSPS) is 13.9. The Morgan fingerprint density at radius 1 is 1.03 bits per heavy atom. The summed E-state index contributed by atoms with van der Waals surface area (Å²) in [6.07, 6.45) is 5.02. The fraction of sp³-hybridized carbons (Fsp3) is 0.500. The van der Waals surface area contributed by atoms with E-state index in [1.54, 1.807) is 0 Å². The molecular formula is C26H36N4. The van der Waals surface area contributed by atoms with Crippen LogP contribution in [0.15, 0.2) is 24.4 Å². The van der Waals surface area contributed by atoms with Gasteiger partial charge in [-0.2, -0.15) is 0 Å². The maximum Gasteiger partial charge on any atom is 0.147 e. The van der Waals surface area contributed by atoms with E-state index in [9.17, 15) is 0 Å². The number of nitrogens with zero attached hydrogens (tertiary/aromatic N) is 3. The first kappa shape index (κ1) is 20.9. The molecule has 1 aromatic carbocycles. The number of fused-ring (bicyclic) bond motifs is 1. The van der Waals surface area contributed by atoms with E-state index in [4.69, 9.17) is 4.98 Å². The summed E-state index contributed by atoms with van der Waals surface area (Å²) in [4.78, 5) is 7.63. The second kappa shape index (κ2) is 8.43. The lowest BCUT2D eigenvalue weighted by Gasteiger charge is -2.26. The van der Waals surface area contributed by atoms with Crippen LogP contribution in [0.4, 0.5) is 5.69 Å². The summed E-state index contributed by atoms with van der Waals surface area (Å²) in [6.45, 7) is 17.4. The molecule has 160 valence electrons. The minimum atomic E-state index is 0.846. The Labute approximate surface area is 181 Å². The molecule has 0 atom stereocenters. The van der Waals surface area contributed by atoms with E-state index >= 15 is 0 Å². The van der Waals surface area contributed by atoms with Crippen LogP contribution in [0.1, 0.15) is 47.7 Å². The molecule has 4 nitrogen and oxygen atoms in total. The number of pyridine rings is 1. The molecule has 0 spiro atoms. The van der Waals surface area contributed by atoms with Crippen LogP contribution in [-0.2, 0) is 0 Å². The molecule has 1 saturated carbocycles. The zero-order valence-electron chi connectivity index (χ0n) is 19.5. The van der Waals surface area contributed by atoms with Crippen molar-refractivity contribution in [3.05, 3.63) is 52.3 Å². The summed E-state index contributed by atoms with van der Waals surface area (Å²) in [6, 6.07) is 6.84. The van der Waals surface area contributed by atoms with Crippen molar-refractivity contribution in [2.75, 3.05) is 31.1 Å². The van der Waals surface area contributed by atoms with Gasteiger partial charge in [-0.3, -0.25) is 0 Å². The van der Waals surface area contributed by atoms with Crippen LogP contribution >= 0.6 is 0 Å². The Morgan fingerprint density at radius 2 is 1.73 bits per heavy atom. The fourth-order valence-electron chi connectivity index (χ4n) is 4.80. The molecular weight excluding hydrogens is 368 g/mol. The maximum absolute atomic E-state index is 5.03. The summed E-state index contributed by atoms with van der Waals surface area (Å²) in [7, 11) is 0. The second-order valence-electron chi connectivity index (χ2n) is 9.15. The van der Waals surface area contributed by atoms with Crippen molar-refractivity contribution < 1.29 is 0 Å². The molecule has 1 N–H and O–H groups in total. The molecule has 1 fully saturated rings. The van der Waals surface area contributed by atoms with Crippen LogP contribution < -0.4 is 10.2 Å². The average Bonchev–Trinajstić information content (AvgIpc) is 3.43. The third kappa shape index (κ3) is 4.11. The van der Waals surface area contributed by atoms with Crippen LogP contribution in [0.25, 0.3) is 16.7 Å². The highest BCUT2D eigenvalue weighted by Crippen LogP contribution is 2.37. The van der Waals surface area contributed by atoms with Crippen molar-refractivity contribution in [2.45, 2.75) is 54.4 Å². The van der Waals surface area contributed by atoms with E-state index in [-0.39, 0.29) is 0 Å². The number of likely N-dealkylation sites (N-methyl/N-ethyl adjacent to an activating group) is 1. The zero-order valence-corrected chi connectivity index (χ0v) is 19.5. The lowest BCUT2D eigenvalue weighted by atomic mass is 10.1. The Kier molecular flexibility index (Phi) is 5.88. The number of rotatable bonds is 8. The molecule has 0 saturated heterocycles. The maximum atomic E-state index is 5.03. The number of nitrogens with one attached hydrogen (secondary N) is 1. The Bertz CT molecular complexity index is 1040. The number of benzene rings is 1. The first-order chi connectivity index (χ1) is 14.4. The Morgan fingerprint density at radius 3 is 2.37 bits per heavy atom. The zero-order chi connectivity index (χ0) is 21.4. The van der Waals surface area contributed by atoms with Gasteiger partial charge in [0.05, 0.1) is 5.69 Å². The van der Waals surface area contributed by atoms with Gasteiger partial charge < -0.3 is 14.8 Å². The summed E-state index contributed by atoms with van der Waals surface area (Å²) in [5, 5.41) is 4.81. The fourth-order valence-corrected chi connectivity index (χ4v) is 4.80. The van der Waals surface area contributed by atoms with E-state index in [0.717, 1.165) is 43.4 Å². The molecule has 4 rings (SSSR count). The highest BCUT2D eigenvalue weighted by atomic mass is 15.2. The van der Waals surface area contributed by atoms with Crippen LogP contribution in [0.3, 0.4) is 0 Å². The van der Waals surface area contributed by atoms with E-state index in [1.807, 2.05) is 0 Å². The lowest BCUT2D eigenvalue weighted by molar-refractivity contribution is 0.658. The molecule has 30 heavy (non-hydrogen) atoms. The molecule has 3 aromatic rings. The third-order valence-electron chi connectivity index (χ3n) is 6.25. The average molecular weight is 405 g/mol. The Hall–Kier alpha value is -2.33. The molecule has 2 aromatic heterocycles. The quantitative estimate of drug-likeness (QED) is 0.511. The number of hydrogen-bond acceptors (Lipinski definition) is 3. The lowest BCUT2D eigenvalue weighted by Crippen LogP contribution is -2.34. The smallest absolute Gasteiger partial charge is 0.147 e. The standard InChI is InChI=1S/C26H36N4/c1-7-27-10-11-29(16-22-8-9-22)23-14-21(6)28-26-24(23)20(5)15-30(26)25-18(3)12-17(2)13-19(25)4/h12-15,22,27H,7-11,16H2,1-6H3. The van der Waals surface area contributed by atoms with Crippen LogP contribution in [0, 0.1) is 40.5 Å². The monoisotopic (exact) mass is 404 g/mol. The van der Waals surface area contributed by atoms with Gasteiger partial charge in [0, 0.05) is 42.6 Å². The second-order valence-corrected chi connectivity index (χ2v) is 9.15. The van der Waals surface area contributed by atoms with Gasteiger partial charge in [0.25, 0.3) is 0 Å². The topological polar surface area (TPSA) is 33.1 Å². The first-order valence-electron chi connectivity index (χ1n) is 11.4. The molecule has 0 amide bonds. The highest BCUT2D eigenvalue weighted by molar-refractivity contribution is 5.95. The van der Waals surface area contributed by atoms with Crippen LogP contribution in [0.5, 0.6) is 0 Å². The van der Waals surface area contributed by atoms with Gasteiger partial charge in [-0.15, -0.1) is 0 Å². The summed E-state index contributed by atoms with van der Waals surface area (Å²) >= 11 is 0. The molecule has 0 radical (unpaired) electrons. The summed E-state index contributed by atoms with van der Waals surface area (Å²) < 4.78 is 2.32. The van der Waals surface area contributed by atoms with Gasteiger partial charge in [0.15, 0.2) is 0 Å².